The third-order valence-electron chi connectivity index (χ3n) is 1.06. The van der Waals surface area contributed by atoms with E-state index in [0.29, 0.717) is 0 Å². The van der Waals surface area contributed by atoms with Gasteiger partial charge >= 0.3 is 6.16 Å². The third kappa shape index (κ3) is 2.06. The number of amides is 1. The Hall–Kier alpha value is -1.37. The second-order valence-electron chi connectivity index (χ2n) is 1.92. The third-order valence-corrected chi connectivity index (χ3v) is 1.34. The van der Waals surface area contributed by atoms with Crippen molar-refractivity contribution in [1.29, 1.82) is 0 Å². The molecule has 1 aliphatic heterocycles. The molecule has 3 N–H and O–H groups in total. The normalized spacial score (nSPS) is 21.9. The van der Waals surface area contributed by atoms with Crippen molar-refractivity contribution in [3.63, 3.8) is 0 Å². The van der Waals surface area contributed by atoms with E-state index < -0.39 is 17.6 Å². The van der Waals surface area contributed by atoms with E-state index in [2.05, 4.69) is 28.0 Å². The van der Waals surface area contributed by atoms with Gasteiger partial charge in [0.05, 0.1) is 0 Å². The Morgan fingerprint density at radius 2 is 2.42 bits per heavy atom. The van der Waals surface area contributed by atoms with Crippen molar-refractivity contribution in [2.24, 2.45) is 0 Å². The number of carbonyl (C=O) groups excluding carboxylic acids is 1. The highest BCUT2D eigenvalue weighted by molar-refractivity contribution is 7.80. The first-order valence-corrected chi connectivity index (χ1v) is 3.47. The van der Waals surface area contributed by atoms with Crippen LogP contribution in [0.3, 0.4) is 0 Å². The van der Waals surface area contributed by atoms with Crippen LogP contribution in [0, 0.1) is 0 Å². The van der Waals surface area contributed by atoms with Gasteiger partial charge in [-0.25, -0.2) is 4.79 Å². The summed E-state index contributed by atoms with van der Waals surface area (Å²) in [6.45, 7) is 0. The first kappa shape index (κ1) is 8.72. The average Bonchev–Trinajstić information content (AvgIpc) is 1.94. The van der Waals surface area contributed by atoms with Crippen LogP contribution >= 0.6 is 12.6 Å². The van der Waals surface area contributed by atoms with Crippen LogP contribution in [0.5, 0.6) is 0 Å². The van der Waals surface area contributed by atoms with Crippen molar-refractivity contribution in [2.45, 2.75) is 5.50 Å². The van der Waals surface area contributed by atoms with E-state index >= 15 is 0 Å². The predicted octanol–water partition coefficient (Wildman–Crippen LogP) is -0.545. The highest BCUT2D eigenvalue weighted by Gasteiger charge is 2.20. The zero-order valence-corrected chi connectivity index (χ0v) is 6.67. The van der Waals surface area contributed by atoms with Gasteiger partial charge in [0.15, 0.2) is 0 Å². The SMILES string of the molecule is O=C(O)OC1=CNC(S)NC1=O. The van der Waals surface area contributed by atoms with Gasteiger partial charge in [-0.2, -0.15) is 0 Å². The van der Waals surface area contributed by atoms with Gasteiger partial charge in [-0.15, -0.1) is 12.6 Å². The first-order chi connectivity index (χ1) is 5.59. The summed E-state index contributed by atoms with van der Waals surface area (Å²) in [5.74, 6) is -0.913. The lowest BCUT2D eigenvalue weighted by Gasteiger charge is -2.19. The molecule has 0 radical (unpaired) electrons. The summed E-state index contributed by atoms with van der Waals surface area (Å²) in [6.07, 6.45) is -0.388. The molecule has 66 valence electrons. The fraction of sp³-hybridized carbons (Fsp3) is 0.200. The number of carbonyl (C=O) groups is 2. The van der Waals surface area contributed by atoms with Crippen LogP contribution < -0.4 is 10.6 Å². The van der Waals surface area contributed by atoms with Crippen molar-refractivity contribution >= 4 is 24.7 Å². The Balaban J connectivity index is 2.64. The summed E-state index contributed by atoms with van der Waals surface area (Å²) in [6, 6.07) is 0. The molecule has 6 nitrogen and oxygen atoms in total. The van der Waals surface area contributed by atoms with Crippen molar-refractivity contribution in [3.05, 3.63) is 12.0 Å². The van der Waals surface area contributed by atoms with Crippen molar-refractivity contribution in [2.75, 3.05) is 0 Å². The molecule has 1 aliphatic rings. The smallest absolute Gasteiger partial charge is 0.449 e. The van der Waals surface area contributed by atoms with E-state index in [1.807, 2.05) is 0 Å². The fourth-order valence-corrected chi connectivity index (χ4v) is 0.819. The molecule has 1 amide bonds. The second-order valence-corrected chi connectivity index (χ2v) is 2.44. The van der Waals surface area contributed by atoms with Gasteiger partial charge < -0.3 is 20.5 Å². The number of carboxylic acid groups (broad SMARTS) is 1. The monoisotopic (exact) mass is 190 g/mol. The molecule has 1 rings (SSSR count). The minimum absolute atomic E-state index is 0.298. The Bertz CT molecular complexity index is 252. The molecule has 1 atom stereocenters. The molecule has 7 heteroatoms. The average molecular weight is 190 g/mol. The molecule has 0 aromatic carbocycles. The van der Waals surface area contributed by atoms with Crippen molar-refractivity contribution in [3.8, 4) is 0 Å². The van der Waals surface area contributed by atoms with Gasteiger partial charge in [0.25, 0.3) is 5.91 Å². The first-order valence-electron chi connectivity index (χ1n) is 2.95. The molecule has 0 bridgehead atoms. The highest BCUT2D eigenvalue weighted by Crippen LogP contribution is 2.03. The molecule has 0 aromatic rings. The summed E-state index contributed by atoms with van der Waals surface area (Å²) < 4.78 is 4.12. The second kappa shape index (κ2) is 3.35. The Kier molecular flexibility index (Phi) is 2.44. The van der Waals surface area contributed by atoms with E-state index in [1.54, 1.807) is 0 Å². The molecular formula is C5H6N2O4S. The Morgan fingerprint density at radius 1 is 1.75 bits per heavy atom. The Labute approximate surface area is 73.0 Å². The van der Waals surface area contributed by atoms with Gasteiger partial charge in [-0.3, -0.25) is 4.79 Å². The number of thiol groups is 1. The molecule has 0 aromatic heterocycles. The largest absolute Gasteiger partial charge is 0.511 e. The Morgan fingerprint density at radius 3 is 2.92 bits per heavy atom. The van der Waals surface area contributed by atoms with E-state index in [-0.39, 0.29) is 5.76 Å². The maximum atomic E-state index is 10.9. The maximum Gasteiger partial charge on any atom is 0.511 e. The molecule has 0 fully saturated rings. The topological polar surface area (TPSA) is 87.7 Å². The van der Waals surface area contributed by atoms with Crippen LogP contribution in [0.2, 0.25) is 0 Å². The number of hydrogen-bond acceptors (Lipinski definition) is 5. The summed E-state index contributed by atoms with van der Waals surface area (Å²) in [7, 11) is 0. The van der Waals surface area contributed by atoms with E-state index in [0.717, 1.165) is 6.20 Å². The van der Waals surface area contributed by atoms with E-state index in [1.165, 1.54) is 0 Å². The molecule has 12 heavy (non-hydrogen) atoms. The van der Waals surface area contributed by atoms with Gasteiger partial charge in [0.2, 0.25) is 5.76 Å². The van der Waals surface area contributed by atoms with Crippen LogP contribution in [-0.4, -0.2) is 22.7 Å². The lowest BCUT2D eigenvalue weighted by molar-refractivity contribution is -0.121. The molecule has 0 aliphatic carbocycles. The lowest BCUT2D eigenvalue weighted by atomic mass is 10.4. The molecule has 0 spiro atoms. The quantitative estimate of drug-likeness (QED) is 0.329. The van der Waals surface area contributed by atoms with Gasteiger partial charge in [0.1, 0.15) is 5.50 Å². The molecular weight excluding hydrogens is 184 g/mol. The molecule has 1 heterocycles. The van der Waals surface area contributed by atoms with E-state index in [4.69, 9.17) is 5.11 Å². The van der Waals surface area contributed by atoms with E-state index in [9.17, 15) is 9.59 Å². The van der Waals surface area contributed by atoms with Crippen LogP contribution in [-0.2, 0) is 9.53 Å². The fourth-order valence-electron chi connectivity index (χ4n) is 0.627. The lowest BCUT2D eigenvalue weighted by Crippen LogP contribution is -2.45. The zero-order chi connectivity index (χ0) is 9.14. The van der Waals surface area contributed by atoms with Crippen LogP contribution in [0.15, 0.2) is 12.0 Å². The summed E-state index contributed by atoms with van der Waals surface area (Å²) >= 11 is 3.86. The summed E-state index contributed by atoms with van der Waals surface area (Å²) in [5.41, 5.74) is -0.515. The zero-order valence-electron chi connectivity index (χ0n) is 5.77. The van der Waals surface area contributed by atoms with Crippen LogP contribution in [0.1, 0.15) is 0 Å². The predicted molar refractivity (Wildman–Crippen MR) is 41.2 cm³/mol. The van der Waals surface area contributed by atoms with Gasteiger partial charge in [-0.05, 0) is 0 Å². The minimum atomic E-state index is -1.53. The summed E-state index contributed by atoms with van der Waals surface area (Å²) in [5, 5.41) is 13.0. The minimum Gasteiger partial charge on any atom is -0.449 e. The highest BCUT2D eigenvalue weighted by atomic mass is 32.1. The number of nitrogens with one attached hydrogen (secondary N) is 2. The van der Waals surface area contributed by atoms with Crippen molar-refractivity contribution < 1.29 is 19.4 Å². The van der Waals surface area contributed by atoms with Gasteiger partial charge in [-0.1, -0.05) is 0 Å². The summed E-state index contributed by atoms with van der Waals surface area (Å²) in [4.78, 5) is 20.9. The maximum absolute atomic E-state index is 10.9. The van der Waals surface area contributed by atoms with Crippen molar-refractivity contribution in [1.82, 2.24) is 10.6 Å². The molecule has 0 saturated heterocycles. The van der Waals surface area contributed by atoms with Gasteiger partial charge in [0, 0.05) is 6.20 Å². The van der Waals surface area contributed by atoms with Crippen LogP contribution in [0.4, 0.5) is 4.79 Å². The van der Waals surface area contributed by atoms with Crippen LogP contribution in [0.25, 0.3) is 0 Å². The standard InChI is InChI=1S/C5H6N2O4S/c8-3-2(11-5(9)10)1-6-4(12)7-3/h1,4,6,12H,(H,7,8)(H,9,10). The molecule has 1 unspecified atom stereocenters. The number of hydrogen-bond donors (Lipinski definition) is 4. The molecule has 0 saturated carbocycles. The number of ether oxygens (including phenoxy) is 1. The number of rotatable bonds is 1.